The van der Waals surface area contributed by atoms with E-state index in [9.17, 15) is 18.0 Å². The van der Waals surface area contributed by atoms with E-state index in [1.807, 2.05) is 18.2 Å². The van der Waals surface area contributed by atoms with Gasteiger partial charge in [-0.3, -0.25) is 4.79 Å². The van der Waals surface area contributed by atoms with Gasteiger partial charge < -0.3 is 14.1 Å². The standard InChI is InChI=1S/C20H24N2O6S/c1-4-22(16-10-11-29(25,26)12-16)19(23)14(3)28-20(24)17-13(2)27-18(21-17)15-8-6-5-7-9-15/h5-9,14,16H,4,10-12H2,1-3H3/t14-,16-/m0/s1. The Labute approximate surface area is 169 Å². The van der Waals surface area contributed by atoms with Crippen molar-refractivity contribution in [3.8, 4) is 11.5 Å². The second-order valence-electron chi connectivity index (χ2n) is 7.02. The Morgan fingerprint density at radius 3 is 2.59 bits per heavy atom. The predicted octanol–water partition coefficient (Wildman–Crippen LogP) is 2.23. The summed E-state index contributed by atoms with van der Waals surface area (Å²) in [5.74, 6) is -0.591. The average molecular weight is 420 g/mol. The van der Waals surface area contributed by atoms with E-state index < -0.39 is 33.9 Å². The molecular weight excluding hydrogens is 396 g/mol. The number of aryl methyl sites for hydroxylation is 1. The fourth-order valence-electron chi connectivity index (χ4n) is 3.41. The van der Waals surface area contributed by atoms with Crippen LogP contribution in [0.3, 0.4) is 0 Å². The summed E-state index contributed by atoms with van der Waals surface area (Å²) in [5.41, 5.74) is 0.730. The number of amides is 1. The van der Waals surface area contributed by atoms with E-state index in [1.165, 1.54) is 11.8 Å². The Balaban J connectivity index is 1.70. The van der Waals surface area contributed by atoms with Gasteiger partial charge in [-0.05, 0) is 39.3 Å². The molecule has 0 N–H and O–H groups in total. The van der Waals surface area contributed by atoms with Gasteiger partial charge in [-0.15, -0.1) is 0 Å². The van der Waals surface area contributed by atoms with Crippen molar-refractivity contribution in [1.29, 1.82) is 0 Å². The van der Waals surface area contributed by atoms with Crippen LogP contribution in [-0.2, 0) is 19.4 Å². The molecule has 1 aromatic heterocycles. The van der Waals surface area contributed by atoms with E-state index in [2.05, 4.69) is 4.98 Å². The van der Waals surface area contributed by atoms with Crippen LogP contribution in [0.2, 0.25) is 0 Å². The van der Waals surface area contributed by atoms with E-state index in [-0.39, 0.29) is 17.2 Å². The molecule has 0 radical (unpaired) electrons. The van der Waals surface area contributed by atoms with Crippen LogP contribution in [0.4, 0.5) is 0 Å². The molecule has 2 aromatic rings. The van der Waals surface area contributed by atoms with Crippen LogP contribution in [0.1, 0.15) is 36.5 Å². The molecule has 1 saturated heterocycles. The van der Waals surface area contributed by atoms with Crippen LogP contribution in [0.25, 0.3) is 11.5 Å². The van der Waals surface area contributed by atoms with E-state index in [0.717, 1.165) is 5.56 Å². The van der Waals surface area contributed by atoms with Crippen molar-refractivity contribution in [1.82, 2.24) is 9.88 Å². The molecule has 1 amide bonds. The maximum atomic E-state index is 12.8. The topological polar surface area (TPSA) is 107 Å². The fraction of sp³-hybridized carbons (Fsp3) is 0.450. The first-order chi connectivity index (χ1) is 13.7. The molecule has 8 nitrogen and oxygen atoms in total. The van der Waals surface area contributed by atoms with Crippen molar-refractivity contribution in [2.24, 2.45) is 0 Å². The van der Waals surface area contributed by atoms with Gasteiger partial charge in [0.1, 0.15) is 5.76 Å². The highest BCUT2D eigenvalue weighted by molar-refractivity contribution is 7.91. The monoisotopic (exact) mass is 420 g/mol. The van der Waals surface area contributed by atoms with Crippen molar-refractivity contribution in [3.63, 3.8) is 0 Å². The lowest BCUT2D eigenvalue weighted by Crippen LogP contribution is -2.46. The Morgan fingerprint density at radius 2 is 2.00 bits per heavy atom. The average Bonchev–Trinajstić information content (AvgIpc) is 3.25. The first-order valence-electron chi connectivity index (χ1n) is 9.46. The van der Waals surface area contributed by atoms with E-state index >= 15 is 0 Å². The number of hydrogen-bond acceptors (Lipinski definition) is 7. The summed E-state index contributed by atoms with van der Waals surface area (Å²) < 4.78 is 34.3. The number of carbonyl (C=O) groups excluding carboxylic acids is 2. The lowest BCUT2D eigenvalue weighted by atomic mass is 10.2. The Hall–Kier alpha value is -2.68. The predicted molar refractivity (Wildman–Crippen MR) is 106 cm³/mol. The summed E-state index contributed by atoms with van der Waals surface area (Å²) in [4.78, 5) is 31.0. The van der Waals surface area contributed by atoms with Gasteiger partial charge in [0.05, 0.1) is 11.5 Å². The third kappa shape index (κ3) is 4.67. The number of aromatic nitrogens is 1. The molecule has 0 saturated carbocycles. The van der Waals surface area contributed by atoms with Crippen LogP contribution in [0.15, 0.2) is 34.7 Å². The summed E-state index contributed by atoms with van der Waals surface area (Å²) in [6.45, 7) is 5.18. The zero-order valence-corrected chi connectivity index (χ0v) is 17.4. The molecule has 1 aromatic carbocycles. The molecule has 0 unspecified atom stereocenters. The Bertz CT molecular complexity index is 999. The molecule has 2 heterocycles. The van der Waals surface area contributed by atoms with Gasteiger partial charge in [0, 0.05) is 18.2 Å². The van der Waals surface area contributed by atoms with Crippen LogP contribution in [0, 0.1) is 6.92 Å². The maximum Gasteiger partial charge on any atom is 0.361 e. The molecule has 9 heteroatoms. The summed E-state index contributed by atoms with van der Waals surface area (Å²) in [7, 11) is -3.13. The Morgan fingerprint density at radius 1 is 1.31 bits per heavy atom. The number of nitrogens with zero attached hydrogens (tertiary/aromatic N) is 2. The number of sulfone groups is 1. The van der Waals surface area contributed by atoms with Gasteiger partial charge in [0.2, 0.25) is 5.89 Å². The number of carbonyl (C=O) groups is 2. The van der Waals surface area contributed by atoms with Crippen molar-refractivity contribution in [2.75, 3.05) is 18.1 Å². The van der Waals surface area contributed by atoms with E-state index in [4.69, 9.17) is 9.15 Å². The SMILES string of the molecule is CCN(C(=O)[C@H](C)OC(=O)c1nc(-c2ccccc2)oc1C)[C@H]1CCS(=O)(=O)C1. The summed E-state index contributed by atoms with van der Waals surface area (Å²) >= 11 is 0. The van der Waals surface area contributed by atoms with Crippen LogP contribution >= 0.6 is 0 Å². The lowest BCUT2D eigenvalue weighted by molar-refractivity contribution is -0.141. The van der Waals surface area contributed by atoms with Crippen LogP contribution in [-0.4, -0.2) is 60.4 Å². The summed E-state index contributed by atoms with van der Waals surface area (Å²) in [6.07, 6.45) is -0.673. The third-order valence-corrected chi connectivity index (χ3v) is 6.67. The van der Waals surface area contributed by atoms with Gasteiger partial charge in [-0.2, -0.15) is 0 Å². The van der Waals surface area contributed by atoms with Crippen molar-refractivity contribution in [3.05, 3.63) is 41.8 Å². The quantitative estimate of drug-likeness (QED) is 0.660. The molecule has 0 aliphatic carbocycles. The van der Waals surface area contributed by atoms with Crippen molar-refractivity contribution in [2.45, 2.75) is 39.3 Å². The zero-order valence-electron chi connectivity index (χ0n) is 16.6. The first-order valence-corrected chi connectivity index (χ1v) is 11.3. The molecule has 0 spiro atoms. The first kappa shape index (κ1) is 21.0. The lowest BCUT2D eigenvalue weighted by Gasteiger charge is -2.29. The molecule has 2 atom stereocenters. The zero-order chi connectivity index (χ0) is 21.2. The largest absolute Gasteiger partial charge is 0.448 e. The van der Waals surface area contributed by atoms with E-state index in [0.29, 0.717) is 24.6 Å². The number of benzene rings is 1. The number of likely N-dealkylation sites (N-methyl/N-ethyl adjacent to an activating group) is 1. The number of hydrogen-bond donors (Lipinski definition) is 0. The molecule has 29 heavy (non-hydrogen) atoms. The molecular formula is C20H24N2O6S. The molecule has 1 fully saturated rings. The molecule has 3 rings (SSSR count). The van der Waals surface area contributed by atoms with Gasteiger partial charge >= 0.3 is 5.97 Å². The van der Waals surface area contributed by atoms with Gasteiger partial charge in [0.15, 0.2) is 21.6 Å². The smallest absolute Gasteiger partial charge is 0.361 e. The molecule has 1 aliphatic heterocycles. The van der Waals surface area contributed by atoms with Gasteiger partial charge in [-0.1, -0.05) is 18.2 Å². The van der Waals surface area contributed by atoms with Gasteiger partial charge in [0.25, 0.3) is 5.91 Å². The summed E-state index contributed by atoms with van der Waals surface area (Å²) in [5, 5.41) is 0. The fourth-order valence-corrected chi connectivity index (χ4v) is 5.14. The van der Waals surface area contributed by atoms with Crippen molar-refractivity contribution >= 4 is 21.7 Å². The van der Waals surface area contributed by atoms with Gasteiger partial charge in [-0.25, -0.2) is 18.2 Å². The number of oxazole rings is 1. The number of ether oxygens (including phenoxy) is 1. The number of rotatable bonds is 6. The second-order valence-corrected chi connectivity index (χ2v) is 9.25. The highest BCUT2D eigenvalue weighted by atomic mass is 32.2. The highest BCUT2D eigenvalue weighted by Gasteiger charge is 2.36. The maximum absolute atomic E-state index is 12.8. The highest BCUT2D eigenvalue weighted by Crippen LogP contribution is 2.23. The minimum absolute atomic E-state index is 0.00926. The molecule has 1 aliphatic rings. The van der Waals surface area contributed by atoms with Crippen molar-refractivity contribution < 1.29 is 27.2 Å². The minimum Gasteiger partial charge on any atom is -0.448 e. The van der Waals surface area contributed by atoms with Crippen LogP contribution in [0.5, 0.6) is 0 Å². The second kappa shape index (κ2) is 8.36. The minimum atomic E-state index is -3.13. The normalized spacial score (nSPS) is 18.9. The van der Waals surface area contributed by atoms with Crippen LogP contribution < -0.4 is 0 Å². The molecule has 156 valence electrons. The number of esters is 1. The Kier molecular flexibility index (Phi) is 6.07. The van der Waals surface area contributed by atoms with E-state index in [1.54, 1.807) is 26.0 Å². The summed E-state index contributed by atoms with van der Waals surface area (Å²) in [6, 6.07) is 8.74. The third-order valence-electron chi connectivity index (χ3n) is 4.92. The molecule has 0 bridgehead atoms.